The third-order valence-corrected chi connectivity index (χ3v) is 10.2. The van der Waals surface area contributed by atoms with Crippen LogP contribution in [0.15, 0.2) is 35.3 Å². The summed E-state index contributed by atoms with van der Waals surface area (Å²) in [5.41, 5.74) is 0.752. The maximum Gasteiger partial charge on any atom is 0.530 e. The van der Waals surface area contributed by atoms with Gasteiger partial charge in [-0.1, -0.05) is 109 Å². The number of phosphoric ester groups is 1. The Morgan fingerprint density at radius 2 is 1.60 bits per heavy atom. The lowest BCUT2D eigenvalue weighted by atomic mass is 10.0. The zero-order chi connectivity index (χ0) is 34.6. The van der Waals surface area contributed by atoms with Crippen molar-refractivity contribution < 1.29 is 41.2 Å². The molecule has 0 N–H and O–H groups in total. The van der Waals surface area contributed by atoms with Gasteiger partial charge in [0.25, 0.3) is 0 Å². The summed E-state index contributed by atoms with van der Waals surface area (Å²) in [5.74, 6) is -4.33. The summed E-state index contributed by atoms with van der Waals surface area (Å²) in [4.78, 5) is 29.1. The van der Waals surface area contributed by atoms with Gasteiger partial charge in [-0.25, -0.2) is 9.36 Å². The number of para-hydroxylation sites is 1. The highest BCUT2D eigenvalue weighted by Crippen LogP contribution is 2.56. The molecule has 0 amide bonds. The number of aryl methyl sites for hydroxylation is 2. The van der Waals surface area contributed by atoms with Gasteiger partial charge in [0, 0.05) is 23.9 Å². The zero-order valence-electron chi connectivity index (χ0n) is 28.5. The van der Waals surface area contributed by atoms with E-state index in [1.165, 1.54) is 63.9 Å². The van der Waals surface area contributed by atoms with Gasteiger partial charge in [-0.05, 0) is 31.9 Å². The van der Waals surface area contributed by atoms with E-state index in [4.69, 9.17) is 23.0 Å². The molecule has 48 heavy (non-hydrogen) atoms. The van der Waals surface area contributed by atoms with E-state index in [-0.39, 0.29) is 13.0 Å². The van der Waals surface area contributed by atoms with Gasteiger partial charge in [0.2, 0.25) is 6.23 Å². The number of aromatic nitrogens is 2. The van der Waals surface area contributed by atoms with Crippen LogP contribution >= 0.6 is 7.82 Å². The molecule has 0 spiro atoms. The molecule has 1 aromatic carbocycles. The molecule has 4 rings (SSSR count). The van der Waals surface area contributed by atoms with Crippen LogP contribution in [0.25, 0.3) is 0 Å². The van der Waals surface area contributed by atoms with Crippen LogP contribution in [0.5, 0.6) is 5.75 Å². The Labute approximate surface area is 282 Å². The predicted octanol–water partition coefficient (Wildman–Crippen LogP) is 8.91. The molecule has 0 saturated carbocycles. The summed E-state index contributed by atoms with van der Waals surface area (Å²) in [7, 11) is -4.23. The van der Waals surface area contributed by atoms with Gasteiger partial charge in [-0.3, -0.25) is 18.4 Å². The second kappa shape index (κ2) is 18.4. The van der Waals surface area contributed by atoms with Crippen molar-refractivity contribution in [1.82, 2.24) is 9.55 Å². The van der Waals surface area contributed by atoms with E-state index in [2.05, 4.69) is 11.9 Å². The van der Waals surface area contributed by atoms with Crippen LogP contribution in [0.1, 0.15) is 126 Å². The molecular weight excluding hydrogens is 645 g/mol. The summed E-state index contributed by atoms with van der Waals surface area (Å²) in [6, 6.07) is 6.70. The van der Waals surface area contributed by atoms with Crippen LogP contribution in [0.2, 0.25) is 0 Å². The number of carbonyl (C=O) groups excluding carboxylic acids is 1. The lowest BCUT2D eigenvalue weighted by Crippen LogP contribution is -2.44. The minimum Gasteiger partial charge on any atom is -0.453 e. The Balaban J connectivity index is 1.28. The molecule has 1 fully saturated rings. The molecule has 0 radical (unpaired) electrons. The first-order chi connectivity index (χ1) is 23.0. The maximum absolute atomic E-state index is 15.9. The fraction of sp³-hybridized carbons (Fsp3) is 0.686. The van der Waals surface area contributed by atoms with E-state index in [0.29, 0.717) is 33.6 Å². The summed E-state index contributed by atoms with van der Waals surface area (Å²) >= 11 is 0. The fourth-order valence-corrected chi connectivity index (χ4v) is 7.35. The van der Waals surface area contributed by atoms with E-state index < -0.39 is 50.4 Å². The first-order valence-corrected chi connectivity index (χ1v) is 19.0. The van der Waals surface area contributed by atoms with Crippen LogP contribution in [0.4, 0.5) is 8.78 Å². The van der Waals surface area contributed by atoms with Crippen LogP contribution in [-0.4, -0.2) is 40.3 Å². The van der Waals surface area contributed by atoms with E-state index in [1.807, 2.05) is 0 Å². The number of hydrogen-bond donors (Lipinski definition) is 0. The van der Waals surface area contributed by atoms with Crippen LogP contribution < -0.4 is 10.2 Å². The van der Waals surface area contributed by atoms with Gasteiger partial charge in [-0.2, -0.15) is 13.8 Å². The molecule has 13 heteroatoms. The lowest BCUT2D eigenvalue weighted by molar-refractivity contribution is -0.176. The quantitative estimate of drug-likeness (QED) is 0.0760. The summed E-state index contributed by atoms with van der Waals surface area (Å²) < 4.78 is 73.0. The third kappa shape index (κ3) is 10.7. The number of phosphoric acid groups is 1. The van der Waals surface area contributed by atoms with Gasteiger partial charge in [0.05, 0.1) is 13.2 Å². The number of esters is 1. The van der Waals surface area contributed by atoms with E-state index in [0.717, 1.165) is 31.9 Å². The first-order valence-electron chi connectivity index (χ1n) is 17.5. The second-order valence-electron chi connectivity index (χ2n) is 12.9. The standard InChI is InChI=1S/C35H51F2N2O8P/c1-4-5-6-7-8-9-10-11-12-13-14-15-16-17-21-30(40)46-32-29(45-33(35(32,36)37)39-23-22-27(3)38-34(39)41)25-44-48(42)43-24-28-20-18-19-26(2)31(28)47-48/h18-20,22-23,29,32-33H,4-17,21,24-25H2,1-3H3/t29-,32?,33-,48?/m1/s1. The molecule has 2 aromatic rings. The molecule has 3 heterocycles. The molecule has 2 aliphatic heterocycles. The van der Waals surface area contributed by atoms with Gasteiger partial charge in [0.1, 0.15) is 11.9 Å². The van der Waals surface area contributed by atoms with Crippen molar-refractivity contribution in [3.63, 3.8) is 0 Å². The van der Waals surface area contributed by atoms with Crippen molar-refractivity contribution >= 4 is 13.8 Å². The van der Waals surface area contributed by atoms with Gasteiger partial charge in [-0.15, -0.1) is 0 Å². The molecule has 268 valence electrons. The van der Waals surface area contributed by atoms with Crippen molar-refractivity contribution in [1.29, 1.82) is 0 Å². The van der Waals surface area contributed by atoms with Gasteiger partial charge in [0.15, 0.2) is 6.10 Å². The molecule has 0 aliphatic carbocycles. The normalized spacial score (nSPS) is 23.1. The Kier molecular flexibility index (Phi) is 14.6. The van der Waals surface area contributed by atoms with Crippen LogP contribution in [0, 0.1) is 13.8 Å². The highest BCUT2D eigenvalue weighted by atomic mass is 31.2. The minimum atomic E-state index is -4.23. The number of benzene rings is 1. The summed E-state index contributed by atoms with van der Waals surface area (Å²) in [6.07, 6.45) is 11.3. The number of carbonyl (C=O) groups is 1. The largest absolute Gasteiger partial charge is 0.530 e. The number of hydrogen-bond acceptors (Lipinski definition) is 9. The van der Waals surface area contributed by atoms with Crippen molar-refractivity contribution in [3.05, 3.63) is 57.8 Å². The molecule has 1 saturated heterocycles. The molecule has 0 bridgehead atoms. The third-order valence-electron chi connectivity index (χ3n) is 8.84. The van der Waals surface area contributed by atoms with Crippen molar-refractivity contribution in [2.45, 2.75) is 148 Å². The van der Waals surface area contributed by atoms with E-state index in [1.54, 1.807) is 32.0 Å². The molecule has 1 aromatic heterocycles. The number of ether oxygens (including phenoxy) is 2. The first kappa shape index (κ1) is 38.1. The zero-order valence-corrected chi connectivity index (χ0v) is 29.4. The van der Waals surface area contributed by atoms with Gasteiger partial charge >= 0.3 is 25.4 Å². The molecule has 10 nitrogen and oxygen atoms in total. The average molecular weight is 697 g/mol. The monoisotopic (exact) mass is 696 g/mol. The number of alkyl halides is 2. The van der Waals surface area contributed by atoms with Crippen molar-refractivity contribution in [3.8, 4) is 5.75 Å². The minimum absolute atomic E-state index is 0.0460. The average Bonchev–Trinajstić information content (AvgIpc) is 3.29. The lowest BCUT2D eigenvalue weighted by Gasteiger charge is -2.27. The SMILES string of the molecule is CCCCCCCCCCCCCCCCC(=O)OC1[C@@H](COP2(=O)OCc3cccc(C)c3O2)O[C@@H](n2ccc(C)nc2=O)C1(F)F. The van der Waals surface area contributed by atoms with E-state index >= 15 is 8.78 Å². The van der Waals surface area contributed by atoms with Crippen LogP contribution in [-0.2, 0) is 34.5 Å². The van der Waals surface area contributed by atoms with Crippen LogP contribution in [0.3, 0.4) is 0 Å². The smallest absolute Gasteiger partial charge is 0.453 e. The molecule has 2 aliphatic rings. The number of rotatable bonds is 20. The van der Waals surface area contributed by atoms with Crippen molar-refractivity contribution in [2.75, 3.05) is 6.61 Å². The molecule has 4 atom stereocenters. The fourth-order valence-electron chi connectivity index (χ4n) is 6.06. The maximum atomic E-state index is 15.9. The topological polar surface area (TPSA) is 115 Å². The highest BCUT2D eigenvalue weighted by molar-refractivity contribution is 7.49. The highest BCUT2D eigenvalue weighted by Gasteiger charge is 2.63. The van der Waals surface area contributed by atoms with E-state index in [9.17, 15) is 14.2 Å². The Morgan fingerprint density at radius 1 is 0.979 bits per heavy atom. The molecule has 2 unspecified atom stereocenters. The summed E-state index contributed by atoms with van der Waals surface area (Å²) in [5, 5.41) is 0. The second-order valence-corrected chi connectivity index (χ2v) is 14.5. The Bertz CT molecular complexity index is 1440. The predicted molar refractivity (Wildman–Crippen MR) is 177 cm³/mol. The van der Waals surface area contributed by atoms with Crippen molar-refractivity contribution in [2.24, 2.45) is 0 Å². The Morgan fingerprint density at radius 3 is 2.23 bits per heavy atom. The summed E-state index contributed by atoms with van der Waals surface area (Å²) in [6.45, 7) is 4.77. The Hall–Kier alpha value is -2.66. The van der Waals surface area contributed by atoms with Gasteiger partial charge < -0.3 is 14.0 Å². The molecular formula is C35H51F2N2O8P. The number of halogens is 2. The number of nitrogens with zero attached hydrogens (tertiary/aromatic N) is 2. The number of unbranched alkanes of at least 4 members (excludes halogenated alkanes) is 13. The number of fused-ring (bicyclic) bond motifs is 1.